The molecule has 2 aromatic carbocycles. The molecule has 6 heteroatoms. The minimum Gasteiger partial charge on any atom is -0.497 e. The molecule has 0 unspecified atom stereocenters. The Balaban J connectivity index is 1.16. The quantitative estimate of drug-likeness (QED) is 0.679. The number of carbonyl (C=O) groups is 2. The molecule has 2 heterocycles. The monoisotopic (exact) mass is 431 g/mol. The topological polar surface area (TPSA) is 63.6 Å². The summed E-state index contributed by atoms with van der Waals surface area (Å²) >= 11 is 0. The van der Waals surface area contributed by atoms with Crippen LogP contribution >= 0.6 is 0 Å². The normalized spacial score (nSPS) is 17.9. The molecule has 1 N–H and O–H groups in total. The molecule has 1 aromatic heterocycles. The number of amides is 2. The number of hydrogen-bond donors (Lipinski definition) is 1. The highest BCUT2D eigenvalue weighted by Crippen LogP contribution is 2.49. The summed E-state index contributed by atoms with van der Waals surface area (Å²) in [5, 5.41) is 4.18. The van der Waals surface area contributed by atoms with Gasteiger partial charge in [0, 0.05) is 48.8 Å². The first-order chi connectivity index (χ1) is 15.5. The average Bonchev–Trinajstić information content (AvgIpc) is 3.15. The first-order valence-electron chi connectivity index (χ1n) is 11.3. The first kappa shape index (κ1) is 20.6. The van der Waals surface area contributed by atoms with Gasteiger partial charge in [0.05, 0.1) is 12.7 Å². The molecule has 1 saturated heterocycles. The molecule has 0 atom stereocenters. The van der Waals surface area contributed by atoms with E-state index in [1.54, 1.807) is 31.4 Å². The Morgan fingerprint density at radius 3 is 2.41 bits per heavy atom. The Morgan fingerprint density at radius 1 is 1.03 bits per heavy atom. The van der Waals surface area contributed by atoms with Crippen molar-refractivity contribution in [3.8, 4) is 5.75 Å². The SMILES string of the molecule is COc1ccc(C(=O)NC2CC3(CCN(C(=O)c4cn(C)c5ccccc45)CC3)C2)cc1. The molecule has 0 radical (unpaired) electrons. The summed E-state index contributed by atoms with van der Waals surface area (Å²) in [5.41, 5.74) is 2.78. The Kier molecular flexibility index (Phi) is 5.16. The van der Waals surface area contributed by atoms with Crippen LogP contribution in [0.15, 0.2) is 54.7 Å². The molecule has 1 spiro atoms. The zero-order chi connectivity index (χ0) is 22.3. The Hall–Kier alpha value is -3.28. The number of carbonyl (C=O) groups excluding carboxylic acids is 2. The van der Waals surface area contributed by atoms with Gasteiger partial charge < -0.3 is 19.5 Å². The zero-order valence-corrected chi connectivity index (χ0v) is 18.6. The molecule has 1 aliphatic carbocycles. The third kappa shape index (κ3) is 3.64. The fourth-order valence-electron chi connectivity index (χ4n) is 5.37. The Bertz CT molecular complexity index is 1150. The van der Waals surface area contributed by atoms with Crippen molar-refractivity contribution in [1.29, 1.82) is 0 Å². The van der Waals surface area contributed by atoms with Crippen molar-refractivity contribution >= 4 is 22.7 Å². The van der Waals surface area contributed by atoms with Crippen LogP contribution in [-0.2, 0) is 7.05 Å². The predicted octanol–water partition coefficient (Wildman–Crippen LogP) is 4.00. The van der Waals surface area contributed by atoms with E-state index in [1.165, 1.54) is 0 Å². The van der Waals surface area contributed by atoms with Gasteiger partial charge in [-0.1, -0.05) is 18.2 Å². The third-order valence-electron chi connectivity index (χ3n) is 7.28. The van der Waals surface area contributed by atoms with E-state index in [0.717, 1.165) is 61.0 Å². The number of aryl methyl sites for hydroxylation is 1. The molecule has 3 aromatic rings. The molecule has 1 aliphatic heterocycles. The summed E-state index contributed by atoms with van der Waals surface area (Å²) in [6.07, 6.45) is 5.93. The highest BCUT2D eigenvalue weighted by Gasteiger charge is 2.47. The van der Waals surface area contributed by atoms with Crippen LogP contribution in [0.2, 0.25) is 0 Å². The zero-order valence-electron chi connectivity index (χ0n) is 18.6. The van der Waals surface area contributed by atoms with E-state index >= 15 is 0 Å². The number of likely N-dealkylation sites (tertiary alicyclic amines) is 1. The fourth-order valence-corrected chi connectivity index (χ4v) is 5.37. The van der Waals surface area contributed by atoms with Crippen molar-refractivity contribution in [1.82, 2.24) is 14.8 Å². The summed E-state index contributed by atoms with van der Waals surface area (Å²) in [6.45, 7) is 1.56. The molecule has 1 saturated carbocycles. The third-order valence-corrected chi connectivity index (χ3v) is 7.28. The van der Waals surface area contributed by atoms with Crippen LogP contribution in [0.4, 0.5) is 0 Å². The summed E-state index contributed by atoms with van der Waals surface area (Å²) in [6, 6.07) is 15.5. The summed E-state index contributed by atoms with van der Waals surface area (Å²) < 4.78 is 7.18. The summed E-state index contributed by atoms with van der Waals surface area (Å²) in [4.78, 5) is 27.7. The van der Waals surface area contributed by atoms with Gasteiger partial charge in [0.25, 0.3) is 11.8 Å². The second kappa shape index (κ2) is 8.01. The maximum atomic E-state index is 13.2. The van der Waals surface area contributed by atoms with Gasteiger partial charge in [0.15, 0.2) is 0 Å². The lowest BCUT2D eigenvalue weighted by molar-refractivity contribution is 0.00870. The largest absolute Gasteiger partial charge is 0.497 e. The second-order valence-electron chi connectivity index (χ2n) is 9.27. The van der Waals surface area contributed by atoms with Crippen molar-refractivity contribution in [3.05, 3.63) is 65.9 Å². The van der Waals surface area contributed by atoms with Crippen LogP contribution in [0.3, 0.4) is 0 Å². The van der Waals surface area contributed by atoms with E-state index in [9.17, 15) is 9.59 Å². The van der Waals surface area contributed by atoms with Gasteiger partial charge in [-0.2, -0.15) is 0 Å². The van der Waals surface area contributed by atoms with E-state index in [0.29, 0.717) is 5.56 Å². The predicted molar refractivity (Wildman–Crippen MR) is 124 cm³/mol. The highest BCUT2D eigenvalue weighted by molar-refractivity contribution is 6.07. The molecule has 166 valence electrons. The minimum atomic E-state index is -0.0314. The van der Waals surface area contributed by atoms with Crippen molar-refractivity contribution in [3.63, 3.8) is 0 Å². The van der Waals surface area contributed by atoms with Crippen LogP contribution < -0.4 is 10.1 Å². The van der Waals surface area contributed by atoms with E-state index in [4.69, 9.17) is 4.74 Å². The molecule has 2 amide bonds. The van der Waals surface area contributed by atoms with Crippen LogP contribution in [0, 0.1) is 5.41 Å². The second-order valence-corrected chi connectivity index (χ2v) is 9.27. The summed E-state index contributed by atoms with van der Waals surface area (Å²) in [7, 11) is 3.60. The molecule has 0 bridgehead atoms. The number of para-hydroxylation sites is 1. The van der Waals surface area contributed by atoms with Gasteiger partial charge in [-0.25, -0.2) is 0 Å². The number of aromatic nitrogens is 1. The van der Waals surface area contributed by atoms with Crippen molar-refractivity contribution < 1.29 is 14.3 Å². The van der Waals surface area contributed by atoms with E-state index in [2.05, 4.69) is 5.32 Å². The van der Waals surface area contributed by atoms with Crippen molar-refractivity contribution in [2.24, 2.45) is 12.5 Å². The van der Waals surface area contributed by atoms with Gasteiger partial charge in [0.1, 0.15) is 5.75 Å². The van der Waals surface area contributed by atoms with E-state index in [-0.39, 0.29) is 23.3 Å². The van der Waals surface area contributed by atoms with Gasteiger partial charge in [-0.3, -0.25) is 9.59 Å². The molecule has 2 fully saturated rings. The highest BCUT2D eigenvalue weighted by atomic mass is 16.5. The van der Waals surface area contributed by atoms with E-state index in [1.807, 2.05) is 47.0 Å². The number of nitrogens with one attached hydrogen (secondary N) is 1. The molecule has 2 aliphatic rings. The van der Waals surface area contributed by atoms with Crippen LogP contribution in [0.1, 0.15) is 46.4 Å². The van der Waals surface area contributed by atoms with E-state index < -0.39 is 0 Å². The van der Waals surface area contributed by atoms with Gasteiger partial charge in [-0.15, -0.1) is 0 Å². The number of rotatable bonds is 4. The Labute approximate surface area is 188 Å². The molecule has 32 heavy (non-hydrogen) atoms. The number of methoxy groups -OCH3 is 1. The maximum absolute atomic E-state index is 13.2. The van der Waals surface area contributed by atoms with Crippen molar-refractivity contribution in [2.75, 3.05) is 20.2 Å². The Morgan fingerprint density at radius 2 is 1.72 bits per heavy atom. The maximum Gasteiger partial charge on any atom is 0.256 e. The number of fused-ring (bicyclic) bond motifs is 1. The number of nitrogens with zero attached hydrogens (tertiary/aromatic N) is 2. The molecular weight excluding hydrogens is 402 g/mol. The van der Waals surface area contributed by atoms with Crippen molar-refractivity contribution in [2.45, 2.75) is 31.7 Å². The van der Waals surface area contributed by atoms with Gasteiger partial charge in [0.2, 0.25) is 0 Å². The number of benzene rings is 2. The lowest BCUT2D eigenvalue weighted by Gasteiger charge is -2.52. The number of piperidine rings is 1. The lowest BCUT2D eigenvalue weighted by Crippen LogP contribution is -2.55. The standard InChI is InChI=1S/C26H29N3O3/c1-28-17-22(21-5-3-4-6-23(21)28)25(31)29-13-11-26(12-14-29)15-19(16-26)27-24(30)18-7-9-20(32-2)10-8-18/h3-10,17,19H,11-16H2,1-2H3,(H,27,30). The molecule has 5 rings (SSSR count). The fraction of sp³-hybridized carbons (Fsp3) is 0.385. The minimum absolute atomic E-state index is 0.0314. The van der Waals surface area contributed by atoms with Gasteiger partial charge >= 0.3 is 0 Å². The summed E-state index contributed by atoms with van der Waals surface area (Å²) in [5.74, 6) is 0.838. The molecule has 6 nitrogen and oxygen atoms in total. The smallest absolute Gasteiger partial charge is 0.256 e. The first-order valence-corrected chi connectivity index (χ1v) is 11.3. The van der Waals surface area contributed by atoms with Crippen LogP contribution in [0.25, 0.3) is 10.9 Å². The van der Waals surface area contributed by atoms with Gasteiger partial charge in [-0.05, 0) is 61.4 Å². The van der Waals surface area contributed by atoms with Crippen LogP contribution in [-0.4, -0.2) is 47.5 Å². The number of ether oxygens (including phenoxy) is 1. The average molecular weight is 432 g/mol. The molecular formula is C26H29N3O3. The lowest BCUT2D eigenvalue weighted by atomic mass is 9.60. The number of hydrogen-bond acceptors (Lipinski definition) is 3. The van der Waals surface area contributed by atoms with Crippen LogP contribution in [0.5, 0.6) is 5.75 Å².